The first-order valence-electron chi connectivity index (χ1n) is 7.32. The summed E-state index contributed by atoms with van der Waals surface area (Å²) < 4.78 is 0. The standard InChI is InChI=1S/C14H27ClN6/c1-7-21(8-2)13-18-11(15)17-12(19-13)16-9-14(3,4)10-20(5)6/h7-10H2,1-6H3,(H,16,17,18,19). The molecule has 0 radical (unpaired) electrons. The summed E-state index contributed by atoms with van der Waals surface area (Å²) in [5.41, 5.74) is 0.109. The molecular formula is C14H27ClN6. The highest BCUT2D eigenvalue weighted by Gasteiger charge is 2.19. The Bertz CT molecular complexity index is 445. The maximum absolute atomic E-state index is 6.01. The fourth-order valence-electron chi connectivity index (χ4n) is 2.30. The minimum Gasteiger partial charge on any atom is -0.353 e. The second-order valence-electron chi connectivity index (χ2n) is 6.16. The van der Waals surface area contributed by atoms with Crippen LogP contribution in [0.1, 0.15) is 27.7 Å². The predicted octanol–water partition coefficient (Wildman–Crippen LogP) is 2.37. The van der Waals surface area contributed by atoms with Crippen LogP contribution in [0.4, 0.5) is 11.9 Å². The van der Waals surface area contributed by atoms with Crippen molar-refractivity contribution in [1.82, 2.24) is 19.9 Å². The number of aromatic nitrogens is 3. The first kappa shape index (κ1) is 17.9. The molecule has 1 aromatic rings. The van der Waals surface area contributed by atoms with Crippen LogP contribution < -0.4 is 10.2 Å². The van der Waals surface area contributed by atoms with E-state index in [1.54, 1.807) is 0 Å². The minimum atomic E-state index is 0.109. The van der Waals surface area contributed by atoms with Crippen LogP contribution in [0, 0.1) is 5.41 Å². The Kier molecular flexibility index (Phi) is 6.61. The summed E-state index contributed by atoms with van der Waals surface area (Å²) in [6, 6.07) is 0. The summed E-state index contributed by atoms with van der Waals surface area (Å²) in [4.78, 5) is 17.0. The lowest BCUT2D eigenvalue weighted by atomic mass is 9.93. The summed E-state index contributed by atoms with van der Waals surface area (Å²) in [5.74, 6) is 1.15. The third-order valence-corrected chi connectivity index (χ3v) is 3.28. The molecule has 0 unspecified atom stereocenters. The number of rotatable bonds is 8. The zero-order chi connectivity index (χ0) is 16.0. The van der Waals surface area contributed by atoms with E-state index in [9.17, 15) is 0 Å². The highest BCUT2D eigenvalue weighted by molar-refractivity contribution is 6.28. The highest BCUT2D eigenvalue weighted by Crippen LogP contribution is 2.18. The summed E-state index contributed by atoms with van der Waals surface area (Å²) in [6.07, 6.45) is 0. The van der Waals surface area contributed by atoms with E-state index in [-0.39, 0.29) is 10.7 Å². The van der Waals surface area contributed by atoms with Crippen LogP contribution in [-0.4, -0.2) is 60.1 Å². The van der Waals surface area contributed by atoms with Crippen LogP contribution in [0.2, 0.25) is 5.28 Å². The molecule has 0 bridgehead atoms. The van der Waals surface area contributed by atoms with Gasteiger partial charge in [0.15, 0.2) is 0 Å². The van der Waals surface area contributed by atoms with Crippen molar-refractivity contribution in [2.75, 3.05) is 50.5 Å². The lowest BCUT2D eigenvalue weighted by Crippen LogP contribution is -2.35. The summed E-state index contributed by atoms with van der Waals surface area (Å²) in [5, 5.41) is 3.50. The molecule has 1 aromatic heterocycles. The van der Waals surface area contributed by atoms with Crippen LogP contribution in [0.25, 0.3) is 0 Å². The molecule has 0 spiro atoms. The second-order valence-corrected chi connectivity index (χ2v) is 6.49. The van der Waals surface area contributed by atoms with Crippen molar-refractivity contribution in [2.45, 2.75) is 27.7 Å². The van der Waals surface area contributed by atoms with Crippen molar-refractivity contribution in [3.05, 3.63) is 5.28 Å². The van der Waals surface area contributed by atoms with E-state index in [0.29, 0.717) is 11.9 Å². The van der Waals surface area contributed by atoms with Gasteiger partial charge in [0, 0.05) is 26.2 Å². The van der Waals surface area contributed by atoms with Gasteiger partial charge < -0.3 is 15.1 Å². The van der Waals surface area contributed by atoms with Crippen molar-refractivity contribution >= 4 is 23.5 Å². The predicted molar refractivity (Wildman–Crippen MR) is 89.2 cm³/mol. The summed E-state index contributed by atoms with van der Waals surface area (Å²) >= 11 is 6.01. The molecule has 0 aliphatic carbocycles. The minimum absolute atomic E-state index is 0.109. The third kappa shape index (κ3) is 6.01. The smallest absolute Gasteiger partial charge is 0.231 e. The Morgan fingerprint density at radius 2 is 1.71 bits per heavy atom. The fourth-order valence-corrected chi connectivity index (χ4v) is 2.45. The topological polar surface area (TPSA) is 57.2 Å². The molecule has 120 valence electrons. The van der Waals surface area contributed by atoms with Crippen molar-refractivity contribution in [3.8, 4) is 0 Å². The molecule has 6 nitrogen and oxygen atoms in total. The molecule has 21 heavy (non-hydrogen) atoms. The van der Waals surface area contributed by atoms with E-state index in [1.807, 2.05) is 4.90 Å². The molecule has 0 saturated carbocycles. The van der Waals surface area contributed by atoms with E-state index in [0.717, 1.165) is 26.2 Å². The van der Waals surface area contributed by atoms with Gasteiger partial charge in [-0.3, -0.25) is 0 Å². The Labute approximate surface area is 132 Å². The molecule has 0 amide bonds. The fraction of sp³-hybridized carbons (Fsp3) is 0.786. The number of halogens is 1. The van der Waals surface area contributed by atoms with Gasteiger partial charge in [-0.1, -0.05) is 13.8 Å². The van der Waals surface area contributed by atoms with E-state index in [2.05, 4.69) is 67.0 Å². The summed E-state index contributed by atoms with van der Waals surface area (Å²) in [7, 11) is 4.14. The molecule has 0 aromatic carbocycles. The van der Waals surface area contributed by atoms with Gasteiger partial charge in [0.05, 0.1) is 0 Å². The first-order valence-corrected chi connectivity index (χ1v) is 7.70. The first-order chi connectivity index (χ1) is 9.77. The maximum Gasteiger partial charge on any atom is 0.231 e. The van der Waals surface area contributed by atoms with Crippen molar-refractivity contribution in [1.29, 1.82) is 0 Å². The molecule has 1 N–H and O–H groups in total. The zero-order valence-electron chi connectivity index (χ0n) is 13.9. The average molecular weight is 315 g/mol. The van der Waals surface area contributed by atoms with E-state index in [1.165, 1.54) is 0 Å². The van der Waals surface area contributed by atoms with E-state index < -0.39 is 0 Å². The van der Waals surface area contributed by atoms with Crippen LogP contribution in [0.3, 0.4) is 0 Å². The number of hydrogen-bond acceptors (Lipinski definition) is 6. The number of nitrogens with one attached hydrogen (secondary N) is 1. The van der Waals surface area contributed by atoms with Gasteiger partial charge in [0.1, 0.15) is 0 Å². The number of nitrogens with zero attached hydrogens (tertiary/aromatic N) is 5. The number of hydrogen-bond donors (Lipinski definition) is 1. The molecule has 0 atom stereocenters. The van der Waals surface area contributed by atoms with Gasteiger partial charge in [0.25, 0.3) is 0 Å². The summed E-state index contributed by atoms with van der Waals surface area (Å²) in [6.45, 7) is 11.9. The Balaban J connectivity index is 2.80. The van der Waals surface area contributed by atoms with Gasteiger partial charge >= 0.3 is 0 Å². The van der Waals surface area contributed by atoms with Crippen LogP contribution in [0.5, 0.6) is 0 Å². The van der Waals surface area contributed by atoms with E-state index in [4.69, 9.17) is 11.6 Å². The molecule has 0 aliphatic heterocycles. The lowest BCUT2D eigenvalue weighted by molar-refractivity contribution is 0.254. The monoisotopic (exact) mass is 314 g/mol. The van der Waals surface area contributed by atoms with Crippen molar-refractivity contribution in [3.63, 3.8) is 0 Å². The number of anilines is 2. The molecule has 0 fully saturated rings. The van der Waals surface area contributed by atoms with Crippen molar-refractivity contribution < 1.29 is 0 Å². The second kappa shape index (κ2) is 7.75. The SMILES string of the molecule is CCN(CC)c1nc(Cl)nc(NCC(C)(C)CN(C)C)n1. The van der Waals surface area contributed by atoms with Gasteiger partial charge in [-0.05, 0) is 45.0 Å². The van der Waals surface area contributed by atoms with Gasteiger partial charge in [0.2, 0.25) is 17.2 Å². The average Bonchev–Trinajstić information content (AvgIpc) is 2.36. The molecule has 1 heterocycles. The molecule has 0 saturated heterocycles. The Hall–Kier alpha value is -1.14. The Morgan fingerprint density at radius 1 is 1.10 bits per heavy atom. The quantitative estimate of drug-likeness (QED) is 0.795. The zero-order valence-corrected chi connectivity index (χ0v) is 14.7. The lowest BCUT2D eigenvalue weighted by Gasteiger charge is -2.28. The van der Waals surface area contributed by atoms with Crippen LogP contribution >= 0.6 is 11.6 Å². The normalized spacial score (nSPS) is 11.8. The van der Waals surface area contributed by atoms with Gasteiger partial charge in [-0.15, -0.1) is 0 Å². The van der Waals surface area contributed by atoms with E-state index >= 15 is 0 Å². The largest absolute Gasteiger partial charge is 0.353 e. The maximum atomic E-state index is 6.01. The molecular weight excluding hydrogens is 288 g/mol. The molecule has 0 aliphatic rings. The van der Waals surface area contributed by atoms with Gasteiger partial charge in [-0.25, -0.2) is 0 Å². The molecule has 7 heteroatoms. The van der Waals surface area contributed by atoms with Gasteiger partial charge in [-0.2, -0.15) is 15.0 Å². The third-order valence-electron chi connectivity index (χ3n) is 3.11. The Morgan fingerprint density at radius 3 is 2.24 bits per heavy atom. The van der Waals surface area contributed by atoms with Crippen molar-refractivity contribution in [2.24, 2.45) is 5.41 Å². The highest BCUT2D eigenvalue weighted by atomic mass is 35.5. The molecule has 1 rings (SSSR count). The van der Waals surface area contributed by atoms with Crippen LogP contribution in [-0.2, 0) is 0 Å². The van der Waals surface area contributed by atoms with Crippen LogP contribution in [0.15, 0.2) is 0 Å².